The Labute approximate surface area is 141 Å². The first kappa shape index (κ1) is 16.0. The summed E-state index contributed by atoms with van der Waals surface area (Å²) < 4.78 is 0. The van der Waals surface area contributed by atoms with E-state index in [1.54, 1.807) is 23.5 Å². The van der Waals surface area contributed by atoms with Gasteiger partial charge < -0.3 is 10.0 Å². The van der Waals surface area contributed by atoms with E-state index in [2.05, 4.69) is 22.4 Å². The Bertz CT molecular complexity index is 634. The fraction of sp³-hybridized carbons (Fsp3) is 0.389. The van der Waals surface area contributed by atoms with Crippen LogP contribution in [0.4, 0.5) is 0 Å². The van der Waals surface area contributed by atoms with E-state index in [1.165, 1.54) is 4.88 Å². The summed E-state index contributed by atoms with van der Waals surface area (Å²) in [7, 11) is 0. The molecule has 1 saturated heterocycles. The number of phenols is 1. The Morgan fingerprint density at radius 1 is 1.13 bits per heavy atom. The number of carbonyl (C=O) groups is 1. The number of hydrogen-bond donors (Lipinski definition) is 1. The van der Waals surface area contributed by atoms with E-state index in [4.69, 9.17) is 0 Å². The van der Waals surface area contributed by atoms with Crippen molar-refractivity contribution in [2.45, 2.75) is 19.4 Å². The molecule has 5 heteroatoms. The Kier molecular flexibility index (Phi) is 5.31. The van der Waals surface area contributed by atoms with Crippen LogP contribution in [0, 0.1) is 0 Å². The van der Waals surface area contributed by atoms with Crippen molar-refractivity contribution < 1.29 is 9.90 Å². The summed E-state index contributed by atoms with van der Waals surface area (Å²) in [5, 5.41) is 11.6. The largest absolute Gasteiger partial charge is 0.508 e. The molecule has 1 N–H and O–H groups in total. The molecule has 0 aliphatic carbocycles. The summed E-state index contributed by atoms with van der Waals surface area (Å²) in [6.07, 6.45) is 1.19. The highest BCUT2D eigenvalue weighted by atomic mass is 32.1. The lowest BCUT2D eigenvalue weighted by molar-refractivity contribution is -0.132. The van der Waals surface area contributed by atoms with Gasteiger partial charge in [-0.2, -0.15) is 0 Å². The number of thiophene rings is 1. The van der Waals surface area contributed by atoms with Crippen LogP contribution < -0.4 is 0 Å². The standard InChI is InChI=1S/C18H22N2O2S/c21-16-4-1-3-15(13-16)6-7-18(22)20-10-8-19(9-11-20)14-17-5-2-12-23-17/h1-5,12-13,21H,6-11,14H2. The van der Waals surface area contributed by atoms with Crippen LogP contribution in [0.5, 0.6) is 5.75 Å². The van der Waals surface area contributed by atoms with E-state index in [1.807, 2.05) is 17.0 Å². The van der Waals surface area contributed by atoms with Gasteiger partial charge in [-0.1, -0.05) is 18.2 Å². The minimum absolute atomic E-state index is 0.212. The monoisotopic (exact) mass is 330 g/mol. The Morgan fingerprint density at radius 2 is 1.96 bits per heavy atom. The number of nitrogens with zero attached hydrogens (tertiary/aromatic N) is 2. The van der Waals surface area contributed by atoms with Gasteiger partial charge in [-0.05, 0) is 35.6 Å². The Hall–Kier alpha value is -1.85. The first-order valence-electron chi connectivity index (χ1n) is 8.01. The van der Waals surface area contributed by atoms with Gasteiger partial charge in [0.25, 0.3) is 0 Å². The summed E-state index contributed by atoms with van der Waals surface area (Å²) >= 11 is 1.79. The van der Waals surface area contributed by atoms with Crippen molar-refractivity contribution in [1.29, 1.82) is 0 Å². The topological polar surface area (TPSA) is 43.8 Å². The van der Waals surface area contributed by atoms with Crippen molar-refractivity contribution in [3.05, 3.63) is 52.2 Å². The third-order valence-electron chi connectivity index (χ3n) is 4.22. The molecule has 1 amide bonds. The molecule has 1 aliphatic heterocycles. The number of rotatable bonds is 5. The molecule has 0 atom stereocenters. The van der Waals surface area contributed by atoms with Gasteiger partial charge in [0.05, 0.1) is 0 Å². The quantitative estimate of drug-likeness (QED) is 0.917. The molecule has 0 unspecified atom stereocenters. The maximum Gasteiger partial charge on any atom is 0.222 e. The Morgan fingerprint density at radius 3 is 2.65 bits per heavy atom. The first-order valence-corrected chi connectivity index (χ1v) is 8.89. The van der Waals surface area contributed by atoms with Gasteiger partial charge in [0.1, 0.15) is 5.75 Å². The minimum Gasteiger partial charge on any atom is -0.508 e. The van der Waals surface area contributed by atoms with Gasteiger partial charge >= 0.3 is 0 Å². The normalized spacial score (nSPS) is 15.7. The predicted molar refractivity (Wildman–Crippen MR) is 92.6 cm³/mol. The zero-order valence-corrected chi connectivity index (χ0v) is 14.0. The number of piperazine rings is 1. The summed E-state index contributed by atoms with van der Waals surface area (Å²) in [5.74, 6) is 0.473. The second-order valence-electron chi connectivity index (χ2n) is 5.91. The van der Waals surface area contributed by atoms with Crippen LogP contribution in [0.3, 0.4) is 0 Å². The van der Waals surface area contributed by atoms with Gasteiger partial charge in [0.2, 0.25) is 5.91 Å². The molecule has 4 nitrogen and oxygen atoms in total. The fourth-order valence-corrected chi connectivity index (χ4v) is 3.65. The number of carbonyl (C=O) groups excluding carboxylic acids is 1. The lowest BCUT2D eigenvalue weighted by Crippen LogP contribution is -2.48. The number of amides is 1. The molecule has 1 aromatic carbocycles. The van der Waals surface area contributed by atoms with Crippen molar-refractivity contribution in [3.63, 3.8) is 0 Å². The predicted octanol–water partition coefficient (Wildman–Crippen LogP) is 2.73. The second-order valence-corrected chi connectivity index (χ2v) is 6.94. The van der Waals surface area contributed by atoms with Gasteiger partial charge in [-0.25, -0.2) is 0 Å². The van der Waals surface area contributed by atoms with Gasteiger partial charge in [-0.3, -0.25) is 9.69 Å². The van der Waals surface area contributed by atoms with E-state index in [-0.39, 0.29) is 11.7 Å². The lowest BCUT2D eigenvalue weighted by Gasteiger charge is -2.34. The van der Waals surface area contributed by atoms with Gasteiger partial charge in [-0.15, -0.1) is 11.3 Å². The molecule has 0 bridgehead atoms. The molecule has 1 aliphatic rings. The zero-order valence-electron chi connectivity index (χ0n) is 13.1. The van der Waals surface area contributed by atoms with Crippen molar-refractivity contribution in [3.8, 4) is 5.75 Å². The van der Waals surface area contributed by atoms with Gasteiger partial charge in [0.15, 0.2) is 0 Å². The van der Waals surface area contributed by atoms with Crippen LogP contribution in [0.2, 0.25) is 0 Å². The average Bonchev–Trinajstić information content (AvgIpc) is 3.06. The van der Waals surface area contributed by atoms with Crippen LogP contribution in [0.25, 0.3) is 0 Å². The Balaban J connectivity index is 1.43. The molecule has 2 heterocycles. The number of hydrogen-bond acceptors (Lipinski definition) is 4. The zero-order chi connectivity index (χ0) is 16.1. The third-order valence-corrected chi connectivity index (χ3v) is 5.08. The molecule has 3 rings (SSSR count). The molecule has 2 aromatic rings. The lowest BCUT2D eigenvalue weighted by atomic mass is 10.1. The van der Waals surface area contributed by atoms with Crippen LogP contribution >= 0.6 is 11.3 Å². The van der Waals surface area contributed by atoms with Crippen LogP contribution in [-0.4, -0.2) is 47.0 Å². The molecular formula is C18H22N2O2S. The second kappa shape index (κ2) is 7.62. The number of phenolic OH excluding ortho intramolecular Hbond substituents is 1. The van der Waals surface area contributed by atoms with Crippen LogP contribution in [0.1, 0.15) is 16.9 Å². The van der Waals surface area contributed by atoms with E-state index >= 15 is 0 Å². The van der Waals surface area contributed by atoms with Crippen molar-refractivity contribution in [1.82, 2.24) is 9.80 Å². The maximum atomic E-state index is 12.3. The molecule has 23 heavy (non-hydrogen) atoms. The van der Waals surface area contributed by atoms with E-state index < -0.39 is 0 Å². The maximum absolute atomic E-state index is 12.3. The molecule has 1 fully saturated rings. The first-order chi connectivity index (χ1) is 11.2. The van der Waals surface area contributed by atoms with Crippen molar-refractivity contribution in [2.75, 3.05) is 26.2 Å². The average molecular weight is 330 g/mol. The fourth-order valence-electron chi connectivity index (χ4n) is 2.90. The molecule has 0 saturated carbocycles. The molecule has 1 aromatic heterocycles. The van der Waals surface area contributed by atoms with E-state index in [9.17, 15) is 9.90 Å². The summed E-state index contributed by atoms with van der Waals surface area (Å²) in [4.78, 5) is 18.1. The molecule has 122 valence electrons. The van der Waals surface area contributed by atoms with E-state index in [0.717, 1.165) is 38.3 Å². The van der Waals surface area contributed by atoms with Crippen molar-refractivity contribution >= 4 is 17.2 Å². The SMILES string of the molecule is O=C(CCc1cccc(O)c1)N1CCN(Cc2cccs2)CC1. The number of aryl methyl sites for hydroxylation is 1. The van der Waals surface area contributed by atoms with E-state index in [0.29, 0.717) is 12.8 Å². The highest BCUT2D eigenvalue weighted by molar-refractivity contribution is 7.09. The highest BCUT2D eigenvalue weighted by Crippen LogP contribution is 2.15. The molecule has 0 spiro atoms. The summed E-state index contributed by atoms with van der Waals surface area (Å²) in [6.45, 7) is 4.49. The minimum atomic E-state index is 0.212. The number of aromatic hydroxyl groups is 1. The van der Waals surface area contributed by atoms with Crippen LogP contribution in [0.15, 0.2) is 41.8 Å². The highest BCUT2D eigenvalue weighted by Gasteiger charge is 2.21. The molecule has 0 radical (unpaired) electrons. The summed E-state index contributed by atoms with van der Waals surface area (Å²) in [6, 6.07) is 11.4. The third kappa shape index (κ3) is 4.56. The molecular weight excluding hydrogens is 308 g/mol. The van der Waals surface area contributed by atoms with Crippen molar-refractivity contribution in [2.24, 2.45) is 0 Å². The smallest absolute Gasteiger partial charge is 0.222 e. The number of benzene rings is 1. The summed E-state index contributed by atoms with van der Waals surface area (Å²) in [5.41, 5.74) is 1.01. The van der Waals surface area contributed by atoms with Gasteiger partial charge in [0, 0.05) is 44.0 Å². The van der Waals surface area contributed by atoms with Crippen LogP contribution in [-0.2, 0) is 17.8 Å².